The van der Waals surface area contributed by atoms with Crippen molar-refractivity contribution in [3.63, 3.8) is 0 Å². The van der Waals surface area contributed by atoms with Crippen LogP contribution in [-0.2, 0) is 0 Å². The van der Waals surface area contributed by atoms with Gasteiger partial charge in [-0.05, 0) is 29.7 Å². The smallest absolute Gasteiger partial charge is 0.269 e. The molecule has 0 saturated carbocycles. The number of nitrogens with zero attached hydrogens (tertiary/aromatic N) is 1. The zero-order chi connectivity index (χ0) is 15.7. The Balaban J connectivity index is 2.09. The Bertz CT molecular complexity index is 885. The highest BCUT2D eigenvalue weighted by molar-refractivity contribution is 6.17. The third kappa shape index (κ3) is 2.29. The molecule has 22 heavy (non-hydrogen) atoms. The van der Waals surface area contributed by atoms with Crippen LogP contribution in [0.4, 0.5) is 5.69 Å². The molecule has 0 radical (unpaired) electrons. The number of carbonyl (C=O) groups is 1. The van der Waals surface area contributed by atoms with Crippen molar-refractivity contribution in [1.29, 1.82) is 0 Å². The lowest BCUT2D eigenvalue weighted by Gasteiger charge is -2.07. The van der Waals surface area contributed by atoms with Gasteiger partial charge < -0.3 is 5.11 Å². The number of nitro groups is 1. The summed E-state index contributed by atoms with van der Waals surface area (Å²) in [6.45, 7) is 0. The number of ketones is 1. The number of non-ortho nitro benzene ring substituents is 1. The predicted molar refractivity (Wildman–Crippen MR) is 82.1 cm³/mol. The highest BCUT2D eigenvalue weighted by Gasteiger charge is 2.15. The fourth-order valence-electron chi connectivity index (χ4n) is 2.37. The second kappa shape index (κ2) is 5.29. The number of benzene rings is 3. The van der Waals surface area contributed by atoms with Gasteiger partial charge in [-0.3, -0.25) is 14.9 Å². The number of phenolic OH excluding ortho intramolecular Hbond substituents is 1. The van der Waals surface area contributed by atoms with Crippen LogP contribution >= 0.6 is 0 Å². The molecule has 5 heteroatoms. The van der Waals surface area contributed by atoms with E-state index >= 15 is 0 Å². The van der Waals surface area contributed by atoms with Gasteiger partial charge in [0, 0.05) is 28.6 Å². The maximum Gasteiger partial charge on any atom is 0.269 e. The Kier molecular flexibility index (Phi) is 3.31. The van der Waals surface area contributed by atoms with Crippen LogP contribution in [0.1, 0.15) is 15.9 Å². The number of nitro benzene ring substituents is 1. The van der Waals surface area contributed by atoms with Crippen molar-refractivity contribution in [3.05, 3.63) is 81.9 Å². The van der Waals surface area contributed by atoms with E-state index < -0.39 is 4.92 Å². The maximum atomic E-state index is 12.6. The first-order valence-electron chi connectivity index (χ1n) is 6.58. The summed E-state index contributed by atoms with van der Waals surface area (Å²) in [6, 6.07) is 15.6. The van der Waals surface area contributed by atoms with Crippen molar-refractivity contribution in [1.82, 2.24) is 0 Å². The van der Waals surface area contributed by atoms with E-state index in [0.717, 1.165) is 0 Å². The van der Waals surface area contributed by atoms with Crippen LogP contribution in [0, 0.1) is 10.1 Å². The van der Waals surface area contributed by atoms with Crippen LogP contribution in [0.25, 0.3) is 10.8 Å². The van der Waals surface area contributed by atoms with E-state index in [9.17, 15) is 20.0 Å². The monoisotopic (exact) mass is 293 g/mol. The van der Waals surface area contributed by atoms with Gasteiger partial charge in [0.15, 0.2) is 5.78 Å². The molecule has 0 fully saturated rings. The van der Waals surface area contributed by atoms with E-state index in [-0.39, 0.29) is 17.2 Å². The van der Waals surface area contributed by atoms with Crippen molar-refractivity contribution in [3.8, 4) is 5.75 Å². The third-order valence-corrected chi connectivity index (χ3v) is 3.49. The lowest BCUT2D eigenvalue weighted by Crippen LogP contribution is -2.02. The van der Waals surface area contributed by atoms with Crippen molar-refractivity contribution in [2.75, 3.05) is 0 Å². The zero-order valence-corrected chi connectivity index (χ0v) is 11.4. The highest BCUT2D eigenvalue weighted by atomic mass is 16.6. The Morgan fingerprint density at radius 2 is 1.55 bits per heavy atom. The van der Waals surface area contributed by atoms with Gasteiger partial charge in [0.1, 0.15) is 5.75 Å². The largest absolute Gasteiger partial charge is 0.507 e. The lowest BCUT2D eigenvalue weighted by molar-refractivity contribution is -0.384. The van der Waals surface area contributed by atoms with Gasteiger partial charge in [-0.1, -0.05) is 24.3 Å². The number of hydrogen-bond acceptors (Lipinski definition) is 4. The van der Waals surface area contributed by atoms with Crippen LogP contribution < -0.4 is 0 Å². The number of phenols is 1. The summed E-state index contributed by atoms with van der Waals surface area (Å²) >= 11 is 0. The summed E-state index contributed by atoms with van der Waals surface area (Å²) in [5.41, 5.74) is 0.746. The minimum absolute atomic E-state index is 0.0629. The van der Waals surface area contributed by atoms with Crippen LogP contribution in [0.3, 0.4) is 0 Å². The summed E-state index contributed by atoms with van der Waals surface area (Å²) < 4.78 is 0. The van der Waals surface area contributed by atoms with Gasteiger partial charge in [0.25, 0.3) is 5.69 Å². The van der Waals surface area contributed by atoms with Gasteiger partial charge in [-0.25, -0.2) is 0 Å². The van der Waals surface area contributed by atoms with E-state index in [1.54, 1.807) is 30.3 Å². The Hall–Kier alpha value is -3.21. The van der Waals surface area contributed by atoms with Gasteiger partial charge in [-0.2, -0.15) is 0 Å². The Labute approximate surface area is 125 Å². The van der Waals surface area contributed by atoms with E-state index in [4.69, 9.17) is 0 Å². The van der Waals surface area contributed by atoms with Crippen LogP contribution in [0.5, 0.6) is 5.75 Å². The van der Waals surface area contributed by atoms with Crippen molar-refractivity contribution >= 4 is 22.2 Å². The normalized spacial score (nSPS) is 10.5. The topological polar surface area (TPSA) is 80.4 Å². The zero-order valence-electron chi connectivity index (χ0n) is 11.4. The molecule has 0 amide bonds. The summed E-state index contributed by atoms with van der Waals surface area (Å²) in [5, 5.41) is 21.8. The van der Waals surface area contributed by atoms with Gasteiger partial charge in [0.2, 0.25) is 0 Å². The van der Waals surface area contributed by atoms with Crippen LogP contribution in [0.2, 0.25) is 0 Å². The van der Waals surface area contributed by atoms with E-state index in [2.05, 4.69) is 0 Å². The Morgan fingerprint density at radius 3 is 2.18 bits per heavy atom. The van der Waals surface area contributed by atoms with Crippen LogP contribution in [0.15, 0.2) is 60.7 Å². The van der Waals surface area contributed by atoms with E-state index in [1.807, 2.05) is 0 Å². The first-order chi connectivity index (χ1) is 10.6. The molecule has 0 aromatic heterocycles. The quantitative estimate of drug-likeness (QED) is 0.453. The van der Waals surface area contributed by atoms with Crippen LogP contribution in [-0.4, -0.2) is 15.8 Å². The van der Waals surface area contributed by atoms with Gasteiger partial charge >= 0.3 is 0 Å². The molecule has 0 heterocycles. The van der Waals surface area contributed by atoms with Crippen molar-refractivity contribution in [2.45, 2.75) is 0 Å². The van der Waals surface area contributed by atoms with Gasteiger partial charge in [0.05, 0.1) is 4.92 Å². The first-order valence-corrected chi connectivity index (χ1v) is 6.58. The molecule has 5 nitrogen and oxygen atoms in total. The number of aromatic hydroxyl groups is 1. The minimum Gasteiger partial charge on any atom is -0.507 e. The molecular formula is C17H11NO4. The minimum atomic E-state index is -0.510. The summed E-state index contributed by atoms with van der Waals surface area (Å²) in [4.78, 5) is 22.7. The maximum absolute atomic E-state index is 12.6. The SMILES string of the molecule is O=C(c1ccc([N+](=O)[O-])cc1)c1ccc(O)c2ccccc12. The van der Waals surface area contributed by atoms with Crippen molar-refractivity contribution < 1.29 is 14.8 Å². The fraction of sp³-hybridized carbons (Fsp3) is 0. The molecule has 0 aliphatic rings. The summed E-state index contributed by atoms with van der Waals surface area (Å²) in [7, 11) is 0. The first kappa shape index (κ1) is 13.8. The van der Waals surface area contributed by atoms with E-state index in [0.29, 0.717) is 21.9 Å². The molecule has 3 aromatic rings. The summed E-state index contributed by atoms with van der Waals surface area (Å²) in [6.07, 6.45) is 0. The fourth-order valence-corrected chi connectivity index (χ4v) is 2.37. The molecule has 0 bridgehead atoms. The molecule has 3 aromatic carbocycles. The molecule has 108 valence electrons. The third-order valence-electron chi connectivity index (χ3n) is 3.49. The van der Waals surface area contributed by atoms with Crippen molar-refractivity contribution in [2.24, 2.45) is 0 Å². The molecule has 0 saturated heterocycles. The number of rotatable bonds is 3. The number of carbonyl (C=O) groups excluding carboxylic acids is 1. The molecule has 0 aliphatic carbocycles. The predicted octanol–water partition coefficient (Wildman–Crippen LogP) is 3.68. The molecule has 0 atom stereocenters. The average Bonchev–Trinajstić information content (AvgIpc) is 2.55. The highest BCUT2D eigenvalue weighted by Crippen LogP contribution is 2.29. The lowest BCUT2D eigenvalue weighted by atomic mass is 9.96. The second-order valence-corrected chi connectivity index (χ2v) is 4.81. The Morgan fingerprint density at radius 1 is 0.909 bits per heavy atom. The average molecular weight is 293 g/mol. The van der Waals surface area contributed by atoms with E-state index in [1.165, 1.54) is 30.3 Å². The molecule has 3 rings (SSSR count). The molecule has 0 unspecified atom stereocenters. The molecule has 0 aliphatic heterocycles. The summed E-state index contributed by atoms with van der Waals surface area (Å²) in [5.74, 6) is -0.137. The molecular weight excluding hydrogens is 282 g/mol. The number of fused-ring (bicyclic) bond motifs is 1. The standard InChI is InChI=1S/C17H11NO4/c19-16-10-9-15(13-3-1-2-4-14(13)16)17(20)11-5-7-12(8-6-11)18(21)22/h1-10,19H. The molecule has 0 spiro atoms. The number of hydrogen-bond donors (Lipinski definition) is 1. The van der Waals surface area contributed by atoms with Gasteiger partial charge in [-0.15, -0.1) is 0 Å². The molecule has 1 N–H and O–H groups in total. The second-order valence-electron chi connectivity index (χ2n) is 4.81.